The molecule has 1 amide bonds. The van der Waals surface area contributed by atoms with Gasteiger partial charge in [-0.2, -0.15) is 5.10 Å². The van der Waals surface area contributed by atoms with Crippen LogP contribution >= 0.6 is 0 Å². The summed E-state index contributed by atoms with van der Waals surface area (Å²) in [5.74, 6) is 1.49. The molecule has 0 atom stereocenters. The van der Waals surface area contributed by atoms with Crippen molar-refractivity contribution in [3.8, 4) is 17.4 Å². The third-order valence-corrected chi connectivity index (χ3v) is 4.70. The lowest BCUT2D eigenvalue weighted by Crippen LogP contribution is -2.20. The van der Waals surface area contributed by atoms with Crippen molar-refractivity contribution in [1.29, 1.82) is 0 Å². The fourth-order valence-corrected chi connectivity index (χ4v) is 3.23. The molecule has 4 aromatic rings. The minimum absolute atomic E-state index is 0.0951. The highest BCUT2D eigenvalue weighted by atomic mass is 16.5. The third-order valence-electron chi connectivity index (χ3n) is 4.70. The summed E-state index contributed by atoms with van der Waals surface area (Å²) in [5.41, 5.74) is 3.86. The Kier molecular flexibility index (Phi) is 6.46. The van der Waals surface area contributed by atoms with Crippen LogP contribution in [-0.2, 0) is 11.3 Å². The van der Waals surface area contributed by atoms with E-state index >= 15 is 0 Å². The number of aryl methyl sites for hydroxylation is 2. The Morgan fingerprint density at radius 2 is 1.78 bits per heavy atom. The SMILES string of the molecule is Cc1cc(C)n(Cc2cccc(NC(=O)COc3ccc(Oc4ccccn4)cc3)c2)n1. The van der Waals surface area contributed by atoms with E-state index in [1.54, 1.807) is 36.5 Å². The molecule has 0 fully saturated rings. The molecule has 2 aromatic carbocycles. The Labute approximate surface area is 186 Å². The van der Waals surface area contributed by atoms with Crippen LogP contribution in [0.15, 0.2) is 79.0 Å². The number of carbonyl (C=O) groups excluding carboxylic acids is 1. The predicted octanol–water partition coefficient (Wildman–Crippen LogP) is 4.75. The molecule has 162 valence electrons. The van der Waals surface area contributed by atoms with Gasteiger partial charge in [0.05, 0.1) is 12.2 Å². The van der Waals surface area contributed by atoms with Gasteiger partial charge in [0.15, 0.2) is 6.61 Å². The largest absolute Gasteiger partial charge is 0.484 e. The summed E-state index contributed by atoms with van der Waals surface area (Å²) in [5, 5.41) is 7.36. The first-order valence-corrected chi connectivity index (χ1v) is 10.3. The first-order valence-electron chi connectivity index (χ1n) is 10.3. The van der Waals surface area contributed by atoms with Gasteiger partial charge in [-0.3, -0.25) is 9.48 Å². The molecule has 7 heteroatoms. The second-order valence-corrected chi connectivity index (χ2v) is 7.36. The van der Waals surface area contributed by atoms with Crippen LogP contribution in [-0.4, -0.2) is 27.3 Å². The van der Waals surface area contributed by atoms with Crippen LogP contribution in [0.4, 0.5) is 5.69 Å². The van der Waals surface area contributed by atoms with Gasteiger partial charge in [-0.05, 0) is 67.9 Å². The van der Waals surface area contributed by atoms with Crippen LogP contribution in [0.25, 0.3) is 0 Å². The van der Waals surface area contributed by atoms with Crippen LogP contribution in [0, 0.1) is 13.8 Å². The van der Waals surface area contributed by atoms with Gasteiger partial charge in [0.2, 0.25) is 5.88 Å². The molecule has 2 aromatic heterocycles. The fraction of sp³-hybridized carbons (Fsp3) is 0.160. The molecule has 0 spiro atoms. The van der Waals surface area contributed by atoms with E-state index in [9.17, 15) is 4.79 Å². The summed E-state index contributed by atoms with van der Waals surface area (Å²) in [6.45, 7) is 4.55. The smallest absolute Gasteiger partial charge is 0.262 e. The number of ether oxygens (including phenoxy) is 2. The molecule has 0 radical (unpaired) electrons. The predicted molar refractivity (Wildman–Crippen MR) is 122 cm³/mol. The Bertz CT molecular complexity index is 1190. The van der Waals surface area contributed by atoms with E-state index in [4.69, 9.17) is 9.47 Å². The molecular formula is C25H24N4O3. The average molecular weight is 428 g/mol. The molecule has 1 N–H and O–H groups in total. The summed E-state index contributed by atoms with van der Waals surface area (Å²) < 4.78 is 13.2. The van der Waals surface area contributed by atoms with Gasteiger partial charge < -0.3 is 14.8 Å². The molecule has 2 heterocycles. The van der Waals surface area contributed by atoms with Gasteiger partial charge >= 0.3 is 0 Å². The number of hydrogen-bond acceptors (Lipinski definition) is 5. The van der Waals surface area contributed by atoms with Gasteiger partial charge in [-0.15, -0.1) is 0 Å². The number of pyridine rings is 1. The van der Waals surface area contributed by atoms with Crippen molar-refractivity contribution >= 4 is 11.6 Å². The van der Waals surface area contributed by atoms with Gasteiger partial charge in [0.25, 0.3) is 5.91 Å². The lowest BCUT2D eigenvalue weighted by atomic mass is 10.2. The van der Waals surface area contributed by atoms with Crippen LogP contribution in [0.5, 0.6) is 17.4 Å². The number of amides is 1. The van der Waals surface area contributed by atoms with Crippen molar-refractivity contribution in [1.82, 2.24) is 14.8 Å². The Morgan fingerprint density at radius 1 is 0.969 bits per heavy atom. The molecule has 0 aliphatic rings. The third kappa shape index (κ3) is 5.72. The van der Waals surface area contributed by atoms with E-state index in [-0.39, 0.29) is 12.5 Å². The number of nitrogens with zero attached hydrogens (tertiary/aromatic N) is 3. The summed E-state index contributed by atoms with van der Waals surface area (Å²) in [7, 11) is 0. The van der Waals surface area contributed by atoms with Crippen molar-refractivity contribution < 1.29 is 14.3 Å². The van der Waals surface area contributed by atoms with E-state index in [1.165, 1.54) is 0 Å². The molecule has 4 rings (SSSR count). The van der Waals surface area contributed by atoms with E-state index in [0.717, 1.165) is 22.6 Å². The standard InChI is InChI=1S/C25H24N4O3/c1-18-14-19(2)29(28-18)16-20-6-5-7-21(15-20)27-24(30)17-31-22-9-11-23(12-10-22)32-25-8-3-4-13-26-25/h3-15H,16-17H2,1-2H3,(H,27,30). The normalized spacial score (nSPS) is 10.6. The Hall–Kier alpha value is -4.13. The lowest BCUT2D eigenvalue weighted by molar-refractivity contribution is -0.118. The van der Waals surface area contributed by atoms with Crippen molar-refractivity contribution in [2.75, 3.05) is 11.9 Å². The number of anilines is 1. The van der Waals surface area contributed by atoms with E-state index in [0.29, 0.717) is 23.9 Å². The first kappa shape index (κ1) is 21.1. The van der Waals surface area contributed by atoms with Crippen LogP contribution < -0.4 is 14.8 Å². The molecule has 32 heavy (non-hydrogen) atoms. The van der Waals surface area contributed by atoms with Crippen LogP contribution in [0.3, 0.4) is 0 Å². The van der Waals surface area contributed by atoms with Crippen molar-refractivity contribution in [2.24, 2.45) is 0 Å². The maximum Gasteiger partial charge on any atom is 0.262 e. The molecule has 0 unspecified atom stereocenters. The fourth-order valence-electron chi connectivity index (χ4n) is 3.23. The lowest BCUT2D eigenvalue weighted by Gasteiger charge is -2.10. The number of nitrogens with one attached hydrogen (secondary N) is 1. The summed E-state index contributed by atoms with van der Waals surface area (Å²) in [6, 6.07) is 22.3. The maximum absolute atomic E-state index is 12.3. The zero-order valence-corrected chi connectivity index (χ0v) is 18.0. The van der Waals surface area contributed by atoms with E-state index in [2.05, 4.69) is 15.4 Å². The highest BCUT2D eigenvalue weighted by Crippen LogP contribution is 2.22. The van der Waals surface area contributed by atoms with Gasteiger partial charge in [0, 0.05) is 23.6 Å². The van der Waals surface area contributed by atoms with Gasteiger partial charge in [0.1, 0.15) is 11.5 Å². The zero-order valence-electron chi connectivity index (χ0n) is 18.0. The minimum atomic E-state index is -0.234. The highest BCUT2D eigenvalue weighted by Gasteiger charge is 2.07. The minimum Gasteiger partial charge on any atom is -0.484 e. The quantitative estimate of drug-likeness (QED) is 0.438. The van der Waals surface area contributed by atoms with E-state index < -0.39 is 0 Å². The molecule has 0 aliphatic heterocycles. The van der Waals surface area contributed by atoms with Crippen LogP contribution in [0.2, 0.25) is 0 Å². The zero-order chi connectivity index (χ0) is 22.3. The molecule has 0 saturated heterocycles. The number of carbonyl (C=O) groups is 1. The maximum atomic E-state index is 12.3. The van der Waals surface area contributed by atoms with Crippen LogP contribution in [0.1, 0.15) is 17.0 Å². The number of rotatable bonds is 8. The molecular weight excluding hydrogens is 404 g/mol. The second-order valence-electron chi connectivity index (χ2n) is 7.36. The number of aromatic nitrogens is 3. The molecule has 0 bridgehead atoms. The average Bonchev–Trinajstić information content (AvgIpc) is 3.10. The van der Waals surface area contributed by atoms with Crippen molar-refractivity contribution in [2.45, 2.75) is 20.4 Å². The second kappa shape index (κ2) is 9.78. The van der Waals surface area contributed by atoms with Crippen molar-refractivity contribution in [3.63, 3.8) is 0 Å². The summed E-state index contributed by atoms with van der Waals surface area (Å²) in [6.07, 6.45) is 1.67. The molecule has 0 aliphatic carbocycles. The van der Waals surface area contributed by atoms with Crippen molar-refractivity contribution in [3.05, 3.63) is 95.9 Å². The summed E-state index contributed by atoms with van der Waals surface area (Å²) >= 11 is 0. The number of hydrogen-bond donors (Lipinski definition) is 1. The first-order chi connectivity index (χ1) is 15.5. The number of benzene rings is 2. The topological polar surface area (TPSA) is 78.3 Å². The molecule has 0 saturated carbocycles. The monoisotopic (exact) mass is 428 g/mol. The highest BCUT2D eigenvalue weighted by molar-refractivity contribution is 5.91. The Morgan fingerprint density at radius 3 is 2.50 bits per heavy atom. The van der Waals surface area contributed by atoms with Gasteiger partial charge in [-0.1, -0.05) is 18.2 Å². The summed E-state index contributed by atoms with van der Waals surface area (Å²) in [4.78, 5) is 16.5. The Balaban J connectivity index is 1.29. The molecule has 7 nitrogen and oxygen atoms in total. The van der Waals surface area contributed by atoms with Gasteiger partial charge in [-0.25, -0.2) is 4.98 Å². The van der Waals surface area contributed by atoms with E-state index in [1.807, 2.05) is 61.0 Å².